The first-order chi connectivity index (χ1) is 9.47. The molecule has 0 unspecified atom stereocenters. The Morgan fingerprint density at radius 2 is 2.00 bits per heavy atom. The third-order valence-electron chi connectivity index (χ3n) is 2.43. The molecule has 0 aliphatic carbocycles. The van der Waals surface area contributed by atoms with Crippen LogP contribution < -0.4 is 5.32 Å². The summed E-state index contributed by atoms with van der Waals surface area (Å²) in [6, 6.07) is 6.38. The number of anilines is 1. The van der Waals surface area contributed by atoms with Crippen molar-refractivity contribution in [1.82, 2.24) is 4.98 Å². The fourth-order valence-corrected chi connectivity index (χ4v) is 1.98. The van der Waals surface area contributed by atoms with Crippen molar-refractivity contribution in [3.8, 4) is 0 Å². The van der Waals surface area contributed by atoms with Gasteiger partial charge in [0, 0.05) is 10.7 Å². The van der Waals surface area contributed by atoms with Gasteiger partial charge in [0.2, 0.25) is 0 Å². The number of nitrogens with zero attached hydrogens (tertiary/aromatic N) is 1. The minimum atomic E-state index is -1.10. The van der Waals surface area contributed by atoms with Crippen molar-refractivity contribution in [3.05, 3.63) is 57.9 Å². The minimum absolute atomic E-state index is 0.0194. The Labute approximate surface area is 121 Å². The lowest BCUT2D eigenvalue weighted by atomic mass is 10.2. The van der Waals surface area contributed by atoms with E-state index in [0.29, 0.717) is 4.47 Å². The molecule has 0 saturated heterocycles. The zero-order chi connectivity index (χ0) is 14.7. The summed E-state index contributed by atoms with van der Waals surface area (Å²) in [6.07, 6.45) is 1.14. The van der Waals surface area contributed by atoms with Gasteiger partial charge in [-0.3, -0.25) is 4.79 Å². The highest BCUT2D eigenvalue weighted by Crippen LogP contribution is 2.19. The van der Waals surface area contributed by atoms with Gasteiger partial charge >= 0.3 is 5.97 Å². The third kappa shape index (κ3) is 3.18. The summed E-state index contributed by atoms with van der Waals surface area (Å²) in [5.41, 5.74) is 0.265. The molecule has 0 aliphatic rings. The molecule has 7 heteroatoms. The van der Waals surface area contributed by atoms with Gasteiger partial charge in [-0.25, -0.2) is 14.2 Å². The largest absolute Gasteiger partial charge is 0.478 e. The maximum Gasteiger partial charge on any atom is 0.337 e. The first kappa shape index (κ1) is 14.1. The average Bonchev–Trinajstić information content (AvgIpc) is 2.39. The average molecular weight is 339 g/mol. The van der Waals surface area contributed by atoms with Crippen molar-refractivity contribution >= 4 is 33.6 Å². The topological polar surface area (TPSA) is 79.3 Å². The summed E-state index contributed by atoms with van der Waals surface area (Å²) < 4.78 is 13.2. The number of nitrogens with one attached hydrogen (secondary N) is 1. The molecule has 0 radical (unpaired) electrons. The number of hydrogen-bond donors (Lipinski definition) is 2. The Kier molecular flexibility index (Phi) is 4.09. The normalized spacial score (nSPS) is 10.1. The van der Waals surface area contributed by atoms with E-state index in [1.54, 1.807) is 0 Å². The molecule has 5 nitrogen and oxygen atoms in total. The third-order valence-corrected chi connectivity index (χ3v) is 3.08. The van der Waals surface area contributed by atoms with Crippen LogP contribution in [0.3, 0.4) is 0 Å². The quantitative estimate of drug-likeness (QED) is 0.901. The van der Waals surface area contributed by atoms with Gasteiger partial charge in [0.1, 0.15) is 11.6 Å². The molecule has 0 bridgehead atoms. The lowest BCUT2D eigenvalue weighted by molar-refractivity contribution is 0.0696. The summed E-state index contributed by atoms with van der Waals surface area (Å²) >= 11 is 3.09. The Bertz CT molecular complexity index is 674. The molecule has 2 rings (SSSR count). The number of aromatic carboxylic acids is 1. The van der Waals surface area contributed by atoms with Crippen LogP contribution >= 0.6 is 15.9 Å². The number of carbonyl (C=O) groups excluding carboxylic acids is 1. The van der Waals surface area contributed by atoms with E-state index in [9.17, 15) is 14.0 Å². The standard InChI is InChI=1S/C13H8BrFN2O3/c14-10-5-8(15)2-3-9(10)12(18)17-11-4-1-7(6-16-11)13(19)20/h1-6H,(H,19,20)(H,16,17,18). The van der Waals surface area contributed by atoms with E-state index in [1.807, 2.05) is 0 Å². The molecular weight excluding hydrogens is 331 g/mol. The van der Waals surface area contributed by atoms with Crippen LogP contribution in [0.15, 0.2) is 41.0 Å². The van der Waals surface area contributed by atoms with E-state index in [-0.39, 0.29) is 16.9 Å². The summed E-state index contributed by atoms with van der Waals surface area (Å²) in [7, 11) is 0. The van der Waals surface area contributed by atoms with Gasteiger partial charge in [0.05, 0.1) is 11.1 Å². The molecule has 0 aliphatic heterocycles. The number of carbonyl (C=O) groups is 2. The highest BCUT2D eigenvalue weighted by molar-refractivity contribution is 9.10. The van der Waals surface area contributed by atoms with E-state index in [4.69, 9.17) is 5.11 Å². The molecule has 0 saturated carbocycles. The highest BCUT2D eigenvalue weighted by Gasteiger charge is 2.12. The summed E-state index contributed by atoms with van der Waals surface area (Å²) in [4.78, 5) is 26.4. The molecule has 20 heavy (non-hydrogen) atoms. The van der Waals surface area contributed by atoms with Crippen LogP contribution in [-0.2, 0) is 0 Å². The smallest absolute Gasteiger partial charge is 0.337 e. The van der Waals surface area contributed by atoms with Crippen LogP contribution in [0.2, 0.25) is 0 Å². The SMILES string of the molecule is O=C(O)c1ccc(NC(=O)c2ccc(F)cc2Br)nc1. The van der Waals surface area contributed by atoms with Crippen molar-refractivity contribution in [2.75, 3.05) is 5.32 Å². The number of carboxylic acid groups (broad SMARTS) is 1. The van der Waals surface area contributed by atoms with E-state index in [2.05, 4.69) is 26.2 Å². The Balaban J connectivity index is 2.17. The van der Waals surface area contributed by atoms with Crippen LogP contribution in [0.25, 0.3) is 0 Å². The number of aromatic nitrogens is 1. The van der Waals surface area contributed by atoms with Crippen molar-refractivity contribution in [1.29, 1.82) is 0 Å². The monoisotopic (exact) mass is 338 g/mol. The Morgan fingerprint density at radius 3 is 2.55 bits per heavy atom. The van der Waals surface area contributed by atoms with Gasteiger partial charge in [-0.2, -0.15) is 0 Å². The van der Waals surface area contributed by atoms with Crippen LogP contribution in [0.5, 0.6) is 0 Å². The van der Waals surface area contributed by atoms with Gasteiger partial charge in [0.25, 0.3) is 5.91 Å². The minimum Gasteiger partial charge on any atom is -0.478 e. The number of amides is 1. The first-order valence-corrected chi connectivity index (χ1v) is 6.22. The number of carboxylic acids is 1. The van der Waals surface area contributed by atoms with Crippen molar-refractivity contribution in [2.45, 2.75) is 0 Å². The van der Waals surface area contributed by atoms with Crippen molar-refractivity contribution in [2.24, 2.45) is 0 Å². The Morgan fingerprint density at radius 1 is 1.25 bits per heavy atom. The van der Waals surface area contributed by atoms with E-state index in [0.717, 1.165) is 6.20 Å². The van der Waals surface area contributed by atoms with Crippen molar-refractivity contribution in [3.63, 3.8) is 0 Å². The molecule has 2 N–H and O–H groups in total. The predicted molar refractivity (Wildman–Crippen MR) is 73.2 cm³/mol. The maximum absolute atomic E-state index is 12.9. The van der Waals surface area contributed by atoms with Gasteiger partial charge < -0.3 is 10.4 Å². The highest BCUT2D eigenvalue weighted by atomic mass is 79.9. The maximum atomic E-state index is 12.9. The van der Waals surface area contributed by atoms with Gasteiger partial charge in [-0.1, -0.05) is 0 Å². The molecule has 1 heterocycles. The van der Waals surface area contributed by atoms with Crippen LogP contribution in [0, 0.1) is 5.82 Å². The van der Waals surface area contributed by atoms with E-state index < -0.39 is 17.7 Å². The second-order valence-electron chi connectivity index (χ2n) is 3.82. The fourth-order valence-electron chi connectivity index (χ4n) is 1.45. The zero-order valence-electron chi connectivity index (χ0n) is 9.93. The second kappa shape index (κ2) is 5.79. The number of hydrogen-bond acceptors (Lipinski definition) is 3. The second-order valence-corrected chi connectivity index (χ2v) is 4.67. The Hall–Kier alpha value is -2.28. The summed E-state index contributed by atoms with van der Waals surface area (Å²) in [5, 5.41) is 11.2. The molecule has 102 valence electrons. The lowest BCUT2D eigenvalue weighted by Crippen LogP contribution is -2.14. The van der Waals surface area contributed by atoms with E-state index in [1.165, 1.54) is 30.3 Å². The summed E-state index contributed by atoms with van der Waals surface area (Å²) in [6.45, 7) is 0. The van der Waals surface area contributed by atoms with Crippen LogP contribution in [0.1, 0.15) is 20.7 Å². The number of rotatable bonds is 3. The molecule has 0 spiro atoms. The first-order valence-electron chi connectivity index (χ1n) is 5.43. The molecule has 0 atom stereocenters. The molecule has 0 fully saturated rings. The zero-order valence-corrected chi connectivity index (χ0v) is 11.5. The molecule has 1 amide bonds. The van der Waals surface area contributed by atoms with Crippen molar-refractivity contribution < 1.29 is 19.1 Å². The summed E-state index contributed by atoms with van der Waals surface area (Å²) in [5.74, 6) is -1.84. The number of benzene rings is 1. The molecule has 2 aromatic rings. The van der Waals surface area contributed by atoms with Crippen LogP contribution in [-0.4, -0.2) is 22.0 Å². The van der Waals surface area contributed by atoms with Gasteiger partial charge in [-0.15, -0.1) is 0 Å². The van der Waals surface area contributed by atoms with E-state index >= 15 is 0 Å². The predicted octanol–water partition coefficient (Wildman–Crippen LogP) is 2.93. The van der Waals surface area contributed by atoms with Gasteiger partial charge in [-0.05, 0) is 46.3 Å². The number of pyridine rings is 1. The number of halogens is 2. The van der Waals surface area contributed by atoms with Gasteiger partial charge in [0.15, 0.2) is 0 Å². The molecular formula is C13H8BrFN2O3. The molecule has 1 aromatic heterocycles. The fraction of sp³-hybridized carbons (Fsp3) is 0. The van der Waals surface area contributed by atoms with Crippen LogP contribution in [0.4, 0.5) is 10.2 Å². The molecule has 1 aromatic carbocycles. The lowest BCUT2D eigenvalue weighted by Gasteiger charge is -2.06.